The Morgan fingerprint density at radius 3 is 2.43 bits per heavy atom. The van der Waals surface area contributed by atoms with Gasteiger partial charge in [0.05, 0.1) is 5.56 Å². The van der Waals surface area contributed by atoms with Crippen LogP contribution in [0.2, 0.25) is 0 Å². The highest BCUT2D eigenvalue weighted by atomic mass is 16.5. The zero-order valence-electron chi connectivity index (χ0n) is 15.2. The Morgan fingerprint density at radius 2 is 1.68 bits per heavy atom. The largest absolute Gasteiger partial charge is 0.479 e. The molecule has 5 heteroatoms. The molecule has 1 amide bonds. The molecule has 138 valence electrons. The molecular formula is C23H19N3O2. The maximum atomic E-state index is 13.2. The molecule has 0 saturated carbocycles. The second-order valence-electron chi connectivity index (χ2n) is 6.53. The molecule has 28 heavy (non-hydrogen) atoms. The van der Waals surface area contributed by atoms with Crippen molar-refractivity contribution >= 4 is 11.6 Å². The topological polar surface area (TPSA) is 65.4 Å². The van der Waals surface area contributed by atoms with Crippen LogP contribution in [0, 0.1) is 11.3 Å². The fourth-order valence-electron chi connectivity index (χ4n) is 3.36. The van der Waals surface area contributed by atoms with Crippen LogP contribution in [0.25, 0.3) is 0 Å². The summed E-state index contributed by atoms with van der Waals surface area (Å²) in [4.78, 5) is 15.1. The zero-order chi connectivity index (χ0) is 19.3. The van der Waals surface area contributed by atoms with Gasteiger partial charge in [-0.2, -0.15) is 5.26 Å². The minimum Gasteiger partial charge on any atom is -0.479 e. The first kappa shape index (κ1) is 17.6. The van der Waals surface area contributed by atoms with Gasteiger partial charge in [0.2, 0.25) is 0 Å². The number of hydrogen-bond acceptors (Lipinski definition) is 4. The molecule has 5 nitrogen and oxygen atoms in total. The fraction of sp³-hybridized carbons (Fsp3) is 0.130. The lowest BCUT2D eigenvalue weighted by Gasteiger charge is -2.38. The van der Waals surface area contributed by atoms with Crippen LogP contribution < -0.4 is 10.1 Å². The van der Waals surface area contributed by atoms with E-state index in [0.717, 1.165) is 16.8 Å². The molecule has 0 fully saturated rings. The van der Waals surface area contributed by atoms with Crippen LogP contribution in [0.3, 0.4) is 0 Å². The van der Waals surface area contributed by atoms with E-state index in [9.17, 15) is 4.79 Å². The number of fused-ring (bicyclic) bond motifs is 1. The van der Waals surface area contributed by atoms with E-state index in [1.165, 1.54) is 0 Å². The zero-order valence-corrected chi connectivity index (χ0v) is 15.2. The second-order valence-corrected chi connectivity index (χ2v) is 6.53. The summed E-state index contributed by atoms with van der Waals surface area (Å²) in [7, 11) is 0. The third kappa shape index (κ3) is 3.53. The van der Waals surface area contributed by atoms with Crippen molar-refractivity contribution < 1.29 is 9.53 Å². The number of amides is 1. The van der Waals surface area contributed by atoms with Crippen LogP contribution >= 0.6 is 0 Å². The normalized spacial score (nSPS) is 15.3. The maximum absolute atomic E-state index is 13.2. The van der Waals surface area contributed by atoms with E-state index in [0.29, 0.717) is 17.9 Å². The number of carbonyl (C=O) groups is 1. The fourth-order valence-corrected chi connectivity index (χ4v) is 3.36. The van der Waals surface area contributed by atoms with Crippen molar-refractivity contribution in [1.82, 2.24) is 4.90 Å². The van der Waals surface area contributed by atoms with E-state index in [1.54, 1.807) is 0 Å². The highest BCUT2D eigenvalue weighted by Gasteiger charge is 2.32. The van der Waals surface area contributed by atoms with E-state index in [4.69, 9.17) is 10.00 Å². The van der Waals surface area contributed by atoms with Gasteiger partial charge in [-0.3, -0.25) is 4.79 Å². The quantitative estimate of drug-likeness (QED) is 0.726. The Bertz CT molecular complexity index is 1010. The number of carbonyl (C=O) groups excluding carboxylic acids is 1. The molecule has 4 rings (SSSR count). The Balaban J connectivity index is 1.68. The first-order valence-corrected chi connectivity index (χ1v) is 9.06. The predicted octanol–water partition coefficient (Wildman–Crippen LogP) is 4.36. The van der Waals surface area contributed by atoms with Gasteiger partial charge in [-0.25, -0.2) is 0 Å². The van der Waals surface area contributed by atoms with Crippen LogP contribution in [0.5, 0.6) is 5.75 Å². The van der Waals surface area contributed by atoms with Crippen molar-refractivity contribution in [3.63, 3.8) is 0 Å². The lowest BCUT2D eigenvalue weighted by Crippen LogP contribution is -2.42. The standard InChI is InChI=1S/C23H19N3O2/c24-14-15-28-19-12-10-18(11-13-19)22-25-21-9-5-4-8-20(21)23(27)26(22)16-17-6-2-1-3-7-17/h1-13,22,25H,15-16H2/t22-/m0/s1. The van der Waals surface area contributed by atoms with Crippen molar-refractivity contribution in [2.24, 2.45) is 0 Å². The molecule has 0 unspecified atom stereocenters. The number of benzene rings is 3. The van der Waals surface area contributed by atoms with Crippen molar-refractivity contribution in [1.29, 1.82) is 5.26 Å². The molecule has 1 atom stereocenters. The van der Waals surface area contributed by atoms with Gasteiger partial charge in [0.25, 0.3) is 5.91 Å². The summed E-state index contributed by atoms with van der Waals surface area (Å²) in [6.45, 7) is 0.505. The lowest BCUT2D eigenvalue weighted by molar-refractivity contribution is 0.0666. The lowest BCUT2D eigenvalue weighted by atomic mass is 10.0. The molecule has 0 aliphatic carbocycles. The van der Waals surface area contributed by atoms with E-state index in [2.05, 4.69) is 5.32 Å². The molecule has 0 radical (unpaired) electrons. The second kappa shape index (κ2) is 7.85. The number of ether oxygens (including phenoxy) is 1. The first-order chi connectivity index (χ1) is 13.8. The Kier molecular flexibility index (Phi) is 4.94. The Morgan fingerprint density at radius 1 is 0.964 bits per heavy atom. The molecule has 1 aliphatic rings. The monoisotopic (exact) mass is 369 g/mol. The number of nitrogens with zero attached hydrogens (tertiary/aromatic N) is 2. The molecule has 1 aliphatic heterocycles. The van der Waals surface area contributed by atoms with Gasteiger partial charge in [0.15, 0.2) is 6.61 Å². The van der Waals surface area contributed by atoms with Crippen molar-refractivity contribution in [3.05, 3.63) is 95.6 Å². The maximum Gasteiger partial charge on any atom is 0.258 e. The van der Waals surface area contributed by atoms with E-state index in [1.807, 2.05) is 89.8 Å². The van der Waals surface area contributed by atoms with Crippen LogP contribution in [-0.2, 0) is 6.54 Å². The minimum absolute atomic E-state index is 0.00647. The van der Waals surface area contributed by atoms with E-state index < -0.39 is 0 Å². The van der Waals surface area contributed by atoms with Gasteiger partial charge in [0.1, 0.15) is 18.0 Å². The molecule has 3 aromatic rings. The smallest absolute Gasteiger partial charge is 0.258 e. The Labute approximate surface area is 163 Å². The van der Waals surface area contributed by atoms with Gasteiger partial charge in [-0.1, -0.05) is 54.6 Å². The van der Waals surface area contributed by atoms with Gasteiger partial charge in [0, 0.05) is 12.2 Å². The van der Waals surface area contributed by atoms with Gasteiger partial charge in [-0.05, 0) is 35.4 Å². The molecule has 1 N–H and O–H groups in total. The van der Waals surface area contributed by atoms with Crippen LogP contribution in [0.1, 0.15) is 27.7 Å². The molecule has 1 heterocycles. The molecule has 0 aromatic heterocycles. The third-order valence-electron chi connectivity index (χ3n) is 4.72. The number of anilines is 1. The molecule has 0 spiro atoms. The molecular weight excluding hydrogens is 350 g/mol. The van der Waals surface area contributed by atoms with Crippen LogP contribution in [-0.4, -0.2) is 17.4 Å². The molecule has 3 aromatic carbocycles. The van der Waals surface area contributed by atoms with Crippen molar-refractivity contribution in [2.75, 3.05) is 11.9 Å². The summed E-state index contributed by atoms with van der Waals surface area (Å²) in [5, 5.41) is 12.1. The number of nitrogens with one attached hydrogen (secondary N) is 1. The molecule has 0 saturated heterocycles. The Hall–Kier alpha value is -3.78. The van der Waals surface area contributed by atoms with Crippen molar-refractivity contribution in [3.8, 4) is 11.8 Å². The SMILES string of the molecule is N#CCOc1ccc([C@H]2Nc3ccccc3C(=O)N2Cc2ccccc2)cc1. The summed E-state index contributed by atoms with van der Waals surface area (Å²) in [6, 6.07) is 26.9. The highest BCUT2D eigenvalue weighted by Crippen LogP contribution is 2.34. The number of rotatable bonds is 5. The third-order valence-corrected chi connectivity index (χ3v) is 4.72. The first-order valence-electron chi connectivity index (χ1n) is 9.06. The summed E-state index contributed by atoms with van der Waals surface area (Å²) in [6.07, 6.45) is -0.298. The average molecular weight is 369 g/mol. The van der Waals surface area contributed by atoms with Crippen LogP contribution in [0.15, 0.2) is 78.9 Å². The number of para-hydroxylation sites is 1. The van der Waals surface area contributed by atoms with Gasteiger partial charge in [-0.15, -0.1) is 0 Å². The van der Waals surface area contributed by atoms with Crippen molar-refractivity contribution in [2.45, 2.75) is 12.7 Å². The summed E-state index contributed by atoms with van der Waals surface area (Å²) < 4.78 is 5.34. The molecule has 0 bridgehead atoms. The van der Waals surface area contributed by atoms with Gasteiger partial charge < -0.3 is 15.0 Å². The van der Waals surface area contributed by atoms with Crippen LogP contribution in [0.4, 0.5) is 5.69 Å². The predicted molar refractivity (Wildman–Crippen MR) is 107 cm³/mol. The number of nitriles is 1. The van der Waals surface area contributed by atoms with E-state index >= 15 is 0 Å². The average Bonchev–Trinajstić information content (AvgIpc) is 2.75. The summed E-state index contributed by atoms with van der Waals surface area (Å²) in [5.41, 5.74) is 3.51. The van der Waals surface area contributed by atoms with E-state index in [-0.39, 0.29) is 18.7 Å². The summed E-state index contributed by atoms with van der Waals surface area (Å²) >= 11 is 0. The van der Waals surface area contributed by atoms with Gasteiger partial charge >= 0.3 is 0 Å². The summed E-state index contributed by atoms with van der Waals surface area (Å²) in [5.74, 6) is 0.621. The number of hydrogen-bond donors (Lipinski definition) is 1. The minimum atomic E-state index is -0.298. The highest BCUT2D eigenvalue weighted by molar-refractivity contribution is 6.01.